The number of hydrogen-bond donors (Lipinski definition) is 1. The number of hydrogen-bond acceptors (Lipinski definition) is 3. The second kappa shape index (κ2) is 9.63. The number of nitrogens with one attached hydrogen (secondary N) is 1. The first-order chi connectivity index (χ1) is 17.0. The average molecular weight is 465 g/mol. The lowest BCUT2D eigenvalue weighted by Crippen LogP contribution is -2.43. The molecule has 0 aliphatic carbocycles. The van der Waals surface area contributed by atoms with Gasteiger partial charge in [0.15, 0.2) is 11.4 Å². The molecule has 1 aromatic heterocycles. The number of pyridine rings is 1. The normalized spacial score (nSPS) is 14.9. The smallest absolute Gasteiger partial charge is 0.272 e. The molecule has 1 unspecified atom stereocenters. The first-order valence-electron chi connectivity index (χ1n) is 11.9. The Morgan fingerprint density at radius 3 is 2.09 bits per heavy atom. The second-order valence-electron chi connectivity index (χ2n) is 9.01. The molecule has 5 nitrogen and oxygen atoms in total. The Kier molecular flexibility index (Phi) is 6.23. The standard InChI is InChI=1S/C30H28N2O3/c1-20-10-6-8-14-23(20)27(24-15-9-7-11-21(24)2)25-18-31-30(34)28-29(26(33)16-17-32(25)28)35-19-22-12-4-3-5-13-22/h3-17,25,27H,18-19H2,1-2H3,(H,31,34). The molecule has 0 saturated carbocycles. The molecule has 0 radical (unpaired) electrons. The number of amides is 1. The molecular weight excluding hydrogens is 436 g/mol. The van der Waals surface area contributed by atoms with E-state index in [9.17, 15) is 9.59 Å². The summed E-state index contributed by atoms with van der Waals surface area (Å²) in [7, 11) is 0. The van der Waals surface area contributed by atoms with Crippen LogP contribution in [-0.4, -0.2) is 17.0 Å². The third-order valence-electron chi connectivity index (χ3n) is 6.79. The minimum atomic E-state index is -0.300. The first kappa shape index (κ1) is 22.7. The van der Waals surface area contributed by atoms with E-state index in [0.29, 0.717) is 6.54 Å². The van der Waals surface area contributed by atoms with Crippen LogP contribution in [0.1, 0.15) is 50.3 Å². The van der Waals surface area contributed by atoms with Crippen molar-refractivity contribution in [1.29, 1.82) is 0 Å². The Labute approximate surface area is 205 Å². The lowest BCUT2D eigenvalue weighted by atomic mass is 9.80. The van der Waals surface area contributed by atoms with Crippen LogP contribution in [0.15, 0.2) is 95.9 Å². The molecule has 0 saturated heterocycles. The number of rotatable bonds is 6. The summed E-state index contributed by atoms with van der Waals surface area (Å²) in [5.74, 6) is -0.233. The molecule has 2 heterocycles. The van der Waals surface area contributed by atoms with Crippen molar-refractivity contribution in [2.45, 2.75) is 32.4 Å². The van der Waals surface area contributed by atoms with Gasteiger partial charge in [-0.25, -0.2) is 0 Å². The Morgan fingerprint density at radius 2 is 1.46 bits per heavy atom. The monoisotopic (exact) mass is 464 g/mol. The van der Waals surface area contributed by atoms with Gasteiger partial charge in [-0.05, 0) is 41.7 Å². The number of nitrogens with zero attached hydrogens (tertiary/aromatic N) is 1. The molecule has 1 atom stereocenters. The van der Waals surface area contributed by atoms with E-state index in [1.54, 1.807) is 6.20 Å². The van der Waals surface area contributed by atoms with Gasteiger partial charge in [-0.1, -0.05) is 78.9 Å². The molecule has 4 aromatic rings. The van der Waals surface area contributed by atoms with E-state index < -0.39 is 0 Å². The lowest BCUT2D eigenvalue weighted by Gasteiger charge is -2.36. The molecule has 5 rings (SSSR count). The van der Waals surface area contributed by atoms with E-state index in [-0.39, 0.29) is 41.3 Å². The summed E-state index contributed by atoms with van der Waals surface area (Å²) in [6.45, 7) is 4.88. The molecule has 176 valence electrons. The van der Waals surface area contributed by atoms with Gasteiger partial charge < -0.3 is 14.6 Å². The van der Waals surface area contributed by atoms with E-state index in [4.69, 9.17) is 4.74 Å². The van der Waals surface area contributed by atoms with Gasteiger partial charge in [-0.2, -0.15) is 0 Å². The largest absolute Gasteiger partial charge is 0.483 e. The molecule has 35 heavy (non-hydrogen) atoms. The quantitative estimate of drug-likeness (QED) is 0.429. The Morgan fingerprint density at radius 1 is 0.857 bits per heavy atom. The summed E-state index contributed by atoms with van der Waals surface area (Å²) < 4.78 is 7.92. The fourth-order valence-corrected chi connectivity index (χ4v) is 5.01. The maximum atomic E-state index is 13.1. The molecule has 1 amide bonds. The number of benzene rings is 3. The van der Waals surface area contributed by atoms with Gasteiger partial charge in [0.2, 0.25) is 5.43 Å². The lowest BCUT2D eigenvalue weighted by molar-refractivity contribution is 0.0902. The topological polar surface area (TPSA) is 60.3 Å². The number of carbonyl (C=O) groups is 1. The summed E-state index contributed by atoms with van der Waals surface area (Å²) in [6, 6.07) is 27.7. The maximum Gasteiger partial charge on any atom is 0.272 e. The second-order valence-corrected chi connectivity index (χ2v) is 9.01. The van der Waals surface area contributed by atoms with Crippen LogP contribution in [0, 0.1) is 13.8 Å². The number of aromatic nitrogens is 1. The van der Waals surface area contributed by atoms with Crippen molar-refractivity contribution in [3.63, 3.8) is 0 Å². The number of ether oxygens (including phenoxy) is 1. The number of fused-ring (bicyclic) bond motifs is 1. The minimum absolute atomic E-state index is 0.0266. The zero-order chi connectivity index (χ0) is 24.4. The summed E-state index contributed by atoms with van der Waals surface area (Å²) in [5, 5.41) is 3.03. The van der Waals surface area contributed by atoms with E-state index >= 15 is 0 Å². The van der Waals surface area contributed by atoms with Gasteiger partial charge in [-0.15, -0.1) is 0 Å². The van der Waals surface area contributed by atoms with Crippen molar-refractivity contribution in [2.75, 3.05) is 6.54 Å². The summed E-state index contributed by atoms with van der Waals surface area (Å²) >= 11 is 0. The van der Waals surface area contributed by atoms with Crippen molar-refractivity contribution < 1.29 is 9.53 Å². The van der Waals surface area contributed by atoms with Crippen molar-refractivity contribution in [3.05, 3.63) is 135 Å². The number of aryl methyl sites for hydroxylation is 2. The minimum Gasteiger partial charge on any atom is -0.483 e. The van der Waals surface area contributed by atoms with Crippen LogP contribution < -0.4 is 15.5 Å². The van der Waals surface area contributed by atoms with E-state index in [0.717, 1.165) is 5.56 Å². The molecule has 1 N–H and O–H groups in total. The molecule has 5 heteroatoms. The highest BCUT2D eigenvalue weighted by Crippen LogP contribution is 2.40. The zero-order valence-corrected chi connectivity index (χ0v) is 19.9. The Bertz CT molecular complexity index is 1380. The number of carbonyl (C=O) groups excluding carboxylic acids is 1. The van der Waals surface area contributed by atoms with Gasteiger partial charge in [-0.3, -0.25) is 9.59 Å². The van der Waals surface area contributed by atoms with Crippen molar-refractivity contribution >= 4 is 5.91 Å². The van der Waals surface area contributed by atoms with Crippen molar-refractivity contribution in [2.24, 2.45) is 0 Å². The molecule has 0 spiro atoms. The highest BCUT2D eigenvalue weighted by atomic mass is 16.5. The highest BCUT2D eigenvalue weighted by molar-refractivity contribution is 5.96. The van der Waals surface area contributed by atoms with E-state index in [1.807, 2.05) is 47.0 Å². The zero-order valence-electron chi connectivity index (χ0n) is 19.9. The molecule has 1 aliphatic heterocycles. The van der Waals surface area contributed by atoms with Crippen LogP contribution in [0.4, 0.5) is 0 Å². The van der Waals surface area contributed by atoms with Crippen LogP contribution in [0.3, 0.4) is 0 Å². The summed E-state index contributed by atoms with van der Waals surface area (Å²) in [5.41, 5.74) is 5.66. The molecule has 1 aliphatic rings. The van der Waals surface area contributed by atoms with Gasteiger partial charge in [0.1, 0.15) is 6.61 Å². The molecule has 3 aromatic carbocycles. The summed E-state index contributed by atoms with van der Waals surface area (Å²) in [4.78, 5) is 26.0. The van der Waals surface area contributed by atoms with Crippen molar-refractivity contribution in [3.8, 4) is 5.75 Å². The van der Waals surface area contributed by atoms with Crippen molar-refractivity contribution in [1.82, 2.24) is 9.88 Å². The first-order valence-corrected chi connectivity index (χ1v) is 11.9. The maximum absolute atomic E-state index is 13.1. The summed E-state index contributed by atoms with van der Waals surface area (Å²) in [6.07, 6.45) is 1.74. The van der Waals surface area contributed by atoms with Crippen LogP contribution in [0.5, 0.6) is 5.75 Å². The predicted octanol–water partition coefficient (Wildman–Crippen LogP) is 5.16. The van der Waals surface area contributed by atoms with Gasteiger partial charge in [0, 0.05) is 24.7 Å². The molecule has 0 bridgehead atoms. The molecular formula is C30H28N2O3. The van der Waals surface area contributed by atoms with Gasteiger partial charge in [0.05, 0.1) is 6.04 Å². The third kappa shape index (κ3) is 4.37. The Hall–Kier alpha value is -4.12. The Balaban J connectivity index is 1.64. The van der Waals surface area contributed by atoms with E-state index in [2.05, 4.69) is 55.6 Å². The van der Waals surface area contributed by atoms with Crippen LogP contribution in [0.25, 0.3) is 0 Å². The average Bonchev–Trinajstić information content (AvgIpc) is 2.87. The van der Waals surface area contributed by atoms with E-state index in [1.165, 1.54) is 28.3 Å². The fourth-order valence-electron chi connectivity index (χ4n) is 5.01. The highest BCUT2D eigenvalue weighted by Gasteiger charge is 2.36. The fraction of sp³-hybridized carbons (Fsp3) is 0.200. The van der Waals surface area contributed by atoms with Crippen LogP contribution >= 0.6 is 0 Å². The SMILES string of the molecule is Cc1ccccc1C(c1ccccc1C)C1CNC(=O)c2c(OCc3ccccc3)c(=O)ccn21. The predicted molar refractivity (Wildman–Crippen MR) is 137 cm³/mol. The van der Waals surface area contributed by atoms with Gasteiger partial charge in [0.25, 0.3) is 5.91 Å². The third-order valence-corrected chi connectivity index (χ3v) is 6.79. The van der Waals surface area contributed by atoms with Crippen LogP contribution in [-0.2, 0) is 6.61 Å². The molecule has 0 fully saturated rings. The van der Waals surface area contributed by atoms with Crippen LogP contribution in [0.2, 0.25) is 0 Å². The van der Waals surface area contributed by atoms with Gasteiger partial charge >= 0.3 is 0 Å².